The van der Waals surface area contributed by atoms with Crippen LogP contribution in [0.25, 0.3) is 11.3 Å². The topological polar surface area (TPSA) is 54.5 Å². The molecule has 4 heteroatoms. The third-order valence-corrected chi connectivity index (χ3v) is 1.90. The molecule has 0 spiro atoms. The lowest BCUT2D eigenvalue weighted by atomic mass is 9.91. The summed E-state index contributed by atoms with van der Waals surface area (Å²) in [5.41, 5.74) is 2.69. The van der Waals surface area contributed by atoms with Crippen LogP contribution < -0.4 is 0 Å². The SMILES string of the molecule is CC(C)(C)Cc1cnc2[nH]cnc2n1. The van der Waals surface area contributed by atoms with E-state index in [1.54, 1.807) is 6.33 Å². The van der Waals surface area contributed by atoms with Gasteiger partial charge in [0.05, 0.1) is 18.2 Å². The van der Waals surface area contributed by atoms with Crippen LogP contribution in [0.4, 0.5) is 0 Å². The van der Waals surface area contributed by atoms with Crippen molar-refractivity contribution in [2.45, 2.75) is 27.2 Å². The van der Waals surface area contributed by atoms with Gasteiger partial charge in [0.2, 0.25) is 0 Å². The highest BCUT2D eigenvalue weighted by Gasteiger charge is 2.13. The van der Waals surface area contributed by atoms with Crippen LogP contribution in [0.1, 0.15) is 26.5 Å². The molecule has 2 rings (SSSR count). The summed E-state index contributed by atoms with van der Waals surface area (Å²) in [6.45, 7) is 6.55. The van der Waals surface area contributed by atoms with Crippen molar-refractivity contribution in [2.75, 3.05) is 0 Å². The second-order valence-corrected chi connectivity index (χ2v) is 4.67. The van der Waals surface area contributed by atoms with Crippen molar-refractivity contribution >= 4 is 11.3 Å². The lowest BCUT2D eigenvalue weighted by Crippen LogP contribution is -2.10. The fraction of sp³-hybridized carbons (Fsp3) is 0.500. The van der Waals surface area contributed by atoms with E-state index in [2.05, 4.69) is 40.7 Å². The molecule has 4 nitrogen and oxygen atoms in total. The van der Waals surface area contributed by atoms with Crippen molar-refractivity contribution in [2.24, 2.45) is 5.41 Å². The minimum absolute atomic E-state index is 0.235. The van der Waals surface area contributed by atoms with Gasteiger partial charge in [-0.1, -0.05) is 20.8 Å². The number of nitrogens with zero attached hydrogens (tertiary/aromatic N) is 3. The smallest absolute Gasteiger partial charge is 0.197 e. The van der Waals surface area contributed by atoms with Gasteiger partial charge in [-0.2, -0.15) is 0 Å². The van der Waals surface area contributed by atoms with E-state index in [0.717, 1.165) is 17.8 Å². The molecular formula is C10H14N4. The van der Waals surface area contributed by atoms with E-state index in [1.165, 1.54) is 0 Å². The van der Waals surface area contributed by atoms with E-state index in [9.17, 15) is 0 Å². The highest BCUT2D eigenvalue weighted by molar-refractivity contribution is 5.63. The predicted molar refractivity (Wildman–Crippen MR) is 54.8 cm³/mol. The van der Waals surface area contributed by atoms with Gasteiger partial charge >= 0.3 is 0 Å². The van der Waals surface area contributed by atoms with Gasteiger partial charge in [-0.25, -0.2) is 15.0 Å². The molecule has 0 bridgehead atoms. The van der Waals surface area contributed by atoms with Crippen LogP contribution >= 0.6 is 0 Å². The Balaban J connectivity index is 2.35. The minimum Gasteiger partial charge on any atom is -0.328 e. The molecule has 1 N–H and O–H groups in total. The van der Waals surface area contributed by atoms with Gasteiger partial charge in [0.1, 0.15) is 0 Å². The van der Waals surface area contributed by atoms with Crippen LogP contribution in [-0.4, -0.2) is 19.9 Å². The summed E-state index contributed by atoms with van der Waals surface area (Å²) in [7, 11) is 0. The molecule has 0 amide bonds. The largest absolute Gasteiger partial charge is 0.328 e. The average Bonchev–Trinajstić information content (AvgIpc) is 2.47. The lowest BCUT2D eigenvalue weighted by molar-refractivity contribution is 0.406. The monoisotopic (exact) mass is 190 g/mol. The van der Waals surface area contributed by atoms with Gasteiger partial charge in [0.15, 0.2) is 11.3 Å². The number of rotatable bonds is 1. The standard InChI is InChI=1S/C10H14N4/c1-10(2,3)4-7-5-11-8-9(14-7)13-6-12-8/h5-6H,4H2,1-3H3,(H,11,12,13,14). The van der Waals surface area contributed by atoms with Crippen molar-refractivity contribution in [3.8, 4) is 0 Å². The molecule has 0 unspecified atom stereocenters. The Labute approximate surface area is 82.8 Å². The Hall–Kier alpha value is -1.45. The van der Waals surface area contributed by atoms with Gasteiger partial charge in [-0.05, 0) is 11.8 Å². The summed E-state index contributed by atoms with van der Waals surface area (Å²) in [5, 5.41) is 0. The fourth-order valence-electron chi connectivity index (χ4n) is 1.39. The first kappa shape index (κ1) is 9.12. The molecule has 0 saturated carbocycles. The molecule has 2 aromatic rings. The number of H-pyrrole nitrogens is 1. The number of nitrogens with one attached hydrogen (secondary N) is 1. The zero-order chi connectivity index (χ0) is 10.2. The third-order valence-electron chi connectivity index (χ3n) is 1.90. The van der Waals surface area contributed by atoms with Crippen molar-refractivity contribution in [1.82, 2.24) is 19.9 Å². The van der Waals surface area contributed by atoms with Gasteiger partial charge in [-0.3, -0.25) is 0 Å². The van der Waals surface area contributed by atoms with E-state index in [0.29, 0.717) is 5.65 Å². The Morgan fingerprint density at radius 2 is 2.07 bits per heavy atom. The minimum atomic E-state index is 0.235. The summed E-state index contributed by atoms with van der Waals surface area (Å²) in [4.78, 5) is 15.7. The van der Waals surface area contributed by atoms with Crippen molar-refractivity contribution in [3.63, 3.8) is 0 Å². The van der Waals surface area contributed by atoms with Crippen LogP contribution in [0.5, 0.6) is 0 Å². The lowest BCUT2D eigenvalue weighted by Gasteiger charge is -2.16. The van der Waals surface area contributed by atoms with Crippen LogP contribution in [-0.2, 0) is 6.42 Å². The fourth-order valence-corrected chi connectivity index (χ4v) is 1.39. The van der Waals surface area contributed by atoms with Gasteiger partial charge in [0, 0.05) is 0 Å². The molecule has 14 heavy (non-hydrogen) atoms. The second-order valence-electron chi connectivity index (χ2n) is 4.67. The van der Waals surface area contributed by atoms with E-state index < -0.39 is 0 Å². The Morgan fingerprint density at radius 1 is 1.29 bits per heavy atom. The Bertz CT molecular complexity index is 439. The molecule has 0 aliphatic heterocycles. The molecule has 0 atom stereocenters. The summed E-state index contributed by atoms with van der Waals surface area (Å²) in [6.07, 6.45) is 4.35. The number of hydrogen-bond acceptors (Lipinski definition) is 3. The number of aromatic amines is 1. The van der Waals surface area contributed by atoms with Crippen LogP contribution in [0, 0.1) is 5.41 Å². The number of hydrogen-bond donors (Lipinski definition) is 1. The maximum atomic E-state index is 4.42. The molecule has 0 aromatic carbocycles. The van der Waals surface area contributed by atoms with Crippen molar-refractivity contribution in [1.29, 1.82) is 0 Å². The first-order chi connectivity index (χ1) is 6.54. The Morgan fingerprint density at radius 3 is 2.79 bits per heavy atom. The van der Waals surface area contributed by atoms with Crippen molar-refractivity contribution < 1.29 is 0 Å². The molecular weight excluding hydrogens is 176 g/mol. The van der Waals surface area contributed by atoms with Gasteiger partial charge in [-0.15, -0.1) is 0 Å². The maximum Gasteiger partial charge on any atom is 0.197 e. The Kier molecular flexibility index (Phi) is 1.98. The van der Waals surface area contributed by atoms with Crippen LogP contribution in [0.15, 0.2) is 12.5 Å². The molecule has 2 aromatic heterocycles. The summed E-state index contributed by atoms with van der Waals surface area (Å²) in [5.74, 6) is 0. The van der Waals surface area contributed by atoms with Crippen molar-refractivity contribution in [3.05, 3.63) is 18.2 Å². The third kappa shape index (κ3) is 1.89. The van der Waals surface area contributed by atoms with Crippen LogP contribution in [0.3, 0.4) is 0 Å². The highest BCUT2D eigenvalue weighted by atomic mass is 15.0. The van der Waals surface area contributed by atoms with Crippen LogP contribution in [0.2, 0.25) is 0 Å². The first-order valence-electron chi connectivity index (χ1n) is 4.70. The zero-order valence-corrected chi connectivity index (χ0v) is 8.70. The summed E-state index contributed by atoms with van der Waals surface area (Å²) in [6, 6.07) is 0. The molecule has 0 fully saturated rings. The van der Waals surface area contributed by atoms with E-state index >= 15 is 0 Å². The van der Waals surface area contributed by atoms with E-state index in [-0.39, 0.29) is 5.41 Å². The van der Waals surface area contributed by atoms with Gasteiger partial charge in [0.25, 0.3) is 0 Å². The van der Waals surface area contributed by atoms with E-state index in [4.69, 9.17) is 0 Å². The predicted octanol–water partition coefficient (Wildman–Crippen LogP) is 1.94. The average molecular weight is 190 g/mol. The molecule has 0 saturated heterocycles. The zero-order valence-electron chi connectivity index (χ0n) is 8.70. The maximum absolute atomic E-state index is 4.42. The van der Waals surface area contributed by atoms with Gasteiger partial charge < -0.3 is 4.98 Å². The first-order valence-corrected chi connectivity index (χ1v) is 4.70. The quantitative estimate of drug-likeness (QED) is 0.747. The normalized spacial score (nSPS) is 12.2. The van der Waals surface area contributed by atoms with E-state index in [1.807, 2.05) is 6.20 Å². The highest BCUT2D eigenvalue weighted by Crippen LogP contribution is 2.19. The summed E-state index contributed by atoms with van der Waals surface area (Å²) < 4.78 is 0. The second kappa shape index (κ2) is 3.04. The molecule has 2 heterocycles. The number of imidazole rings is 1. The molecule has 0 aliphatic rings. The molecule has 0 radical (unpaired) electrons. The molecule has 74 valence electrons. The number of aromatic nitrogens is 4. The summed E-state index contributed by atoms with van der Waals surface area (Å²) >= 11 is 0. The molecule has 0 aliphatic carbocycles. The number of fused-ring (bicyclic) bond motifs is 1.